The largest absolute Gasteiger partial charge is 0.394 e. The molecular weight excluding hydrogens is 208 g/mol. The molecule has 0 radical (unpaired) electrons. The lowest BCUT2D eigenvalue weighted by Crippen LogP contribution is -2.51. The number of hydrogen-bond acceptors (Lipinski definition) is 4. The molecule has 1 fully saturated rings. The highest BCUT2D eigenvalue weighted by molar-refractivity contribution is 5.78. The van der Waals surface area contributed by atoms with Gasteiger partial charge < -0.3 is 20.1 Å². The number of amides is 1. The zero-order valence-corrected chi connectivity index (χ0v) is 10.2. The molecule has 0 aromatic heterocycles. The van der Waals surface area contributed by atoms with Crippen LogP contribution in [-0.4, -0.2) is 60.9 Å². The van der Waals surface area contributed by atoms with Gasteiger partial charge in [0.05, 0.1) is 26.4 Å². The third-order valence-electron chi connectivity index (χ3n) is 3.16. The summed E-state index contributed by atoms with van der Waals surface area (Å²) >= 11 is 0. The van der Waals surface area contributed by atoms with Crippen LogP contribution >= 0.6 is 0 Å². The van der Waals surface area contributed by atoms with E-state index in [1.165, 1.54) is 0 Å². The van der Waals surface area contributed by atoms with E-state index in [9.17, 15) is 9.90 Å². The van der Waals surface area contributed by atoms with Crippen molar-refractivity contribution in [1.29, 1.82) is 0 Å². The Bertz CT molecular complexity index is 223. The van der Waals surface area contributed by atoms with Crippen molar-refractivity contribution in [2.75, 3.05) is 39.5 Å². The summed E-state index contributed by atoms with van der Waals surface area (Å²) in [5.41, 5.74) is -0.359. The van der Waals surface area contributed by atoms with Gasteiger partial charge in [0.2, 0.25) is 5.91 Å². The number of carbonyl (C=O) groups excluding carboxylic acids is 1. The van der Waals surface area contributed by atoms with Crippen molar-refractivity contribution in [3.05, 3.63) is 0 Å². The number of carbonyl (C=O) groups is 1. The van der Waals surface area contributed by atoms with E-state index in [2.05, 4.69) is 5.32 Å². The predicted octanol–water partition coefficient (Wildman–Crippen LogP) is -0.404. The van der Waals surface area contributed by atoms with E-state index in [0.717, 1.165) is 6.42 Å². The third kappa shape index (κ3) is 3.73. The summed E-state index contributed by atoms with van der Waals surface area (Å²) in [5, 5.41) is 12.3. The van der Waals surface area contributed by atoms with Gasteiger partial charge in [-0.2, -0.15) is 0 Å². The lowest BCUT2D eigenvalue weighted by atomic mass is 10.0. The normalized spacial score (nSPS) is 20.6. The first-order chi connectivity index (χ1) is 7.61. The van der Waals surface area contributed by atoms with Crippen molar-refractivity contribution < 1.29 is 14.6 Å². The van der Waals surface area contributed by atoms with Crippen molar-refractivity contribution in [2.45, 2.75) is 25.8 Å². The molecular formula is C11H22N2O3. The van der Waals surface area contributed by atoms with Crippen LogP contribution in [0, 0.1) is 0 Å². The molecule has 1 atom stereocenters. The lowest BCUT2D eigenvalue weighted by molar-refractivity contribution is -0.134. The maximum Gasteiger partial charge on any atom is 0.236 e. The van der Waals surface area contributed by atoms with Crippen LogP contribution in [0.25, 0.3) is 0 Å². The molecule has 2 N–H and O–H groups in total. The zero-order chi connectivity index (χ0) is 12.0. The van der Waals surface area contributed by atoms with Gasteiger partial charge in [0.25, 0.3) is 0 Å². The number of rotatable bonds is 5. The summed E-state index contributed by atoms with van der Waals surface area (Å²) < 4.78 is 5.18. The molecule has 0 aliphatic carbocycles. The summed E-state index contributed by atoms with van der Waals surface area (Å²) in [6.45, 7) is 6.81. The Balaban J connectivity index is 2.33. The van der Waals surface area contributed by atoms with E-state index in [1.54, 1.807) is 4.90 Å². The molecule has 94 valence electrons. The monoisotopic (exact) mass is 230 g/mol. The molecule has 0 saturated carbocycles. The summed E-state index contributed by atoms with van der Waals surface area (Å²) in [5.74, 6) is 0.0800. The molecule has 0 spiro atoms. The Labute approximate surface area is 96.8 Å². The molecule has 1 amide bonds. The van der Waals surface area contributed by atoms with Crippen LogP contribution in [0.2, 0.25) is 0 Å². The minimum absolute atomic E-state index is 0.0416. The van der Waals surface area contributed by atoms with Crippen molar-refractivity contribution in [3.8, 4) is 0 Å². The summed E-state index contributed by atoms with van der Waals surface area (Å²) in [6.07, 6.45) is 0.792. The number of aliphatic hydroxyl groups excluding tert-OH is 1. The van der Waals surface area contributed by atoms with E-state index in [-0.39, 0.29) is 24.6 Å². The number of hydrogen-bond donors (Lipinski definition) is 2. The average molecular weight is 230 g/mol. The van der Waals surface area contributed by atoms with Crippen molar-refractivity contribution in [2.24, 2.45) is 0 Å². The Hall–Kier alpha value is -0.650. The summed E-state index contributed by atoms with van der Waals surface area (Å²) in [6, 6.07) is 0. The fourth-order valence-corrected chi connectivity index (χ4v) is 1.51. The van der Waals surface area contributed by atoms with E-state index in [4.69, 9.17) is 4.74 Å². The van der Waals surface area contributed by atoms with Gasteiger partial charge in [-0.15, -0.1) is 0 Å². The molecule has 0 bridgehead atoms. The first-order valence-corrected chi connectivity index (χ1v) is 5.83. The van der Waals surface area contributed by atoms with Crippen molar-refractivity contribution in [3.63, 3.8) is 0 Å². The first-order valence-electron chi connectivity index (χ1n) is 5.83. The second-order valence-corrected chi connectivity index (χ2v) is 4.42. The van der Waals surface area contributed by atoms with Gasteiger partial charge in [-0.1, -0.05) is 6.92 Å². The Morgan fingerprint density at radius 3 is 2.62 bits per heavy atom. The Morgan fingerprint density at radius 2 is 2.12 bits per heavy atom. The molecule has 1 unspecified atom stereocenters. The summed E-state index contributed by atoms with van der Waals surface area (Å²) in [4.78, 5) is 13.6. The fraction of sp³-hybridized carbons (Fsp3) is 0.909. The van der Waals surface area contributed by atoms with E-state index in [0.29, 0.717) is 26.3 Å². The van der Waals surface area contributed by atoms with Crippen LogP contribution in [0.15, 0.2) is 0 Å². The molecule has 1 aliphatic rings. The zero-order valence-electron chi connectivity index (χ0n) is 10.2. The second-order valence-electron chi connectivity index (χ2n) is 4.42. The van der Waals surface area contributed by atoms with Gasteiger partial charge in [-0.3, -0.25) is 4.79 Å². The first kappa shape index (κ1) is 13.4. The smallest absolute Gasteiger partial charge is 0.236 e. The van der Waals surface area contributed by atoms with Gasteiger partial charge in [0.15, 0.2) is 0 Å². The highest BCUT2D eigenvalue weighted by atomic mass is 16.5. The number of nitrogens with one attached hydrogen (secondary N) is 1. The fourth-order valence-electron chi connectivity index (χ4n) is 1.51. The van der Waals surface area contributed by atoms with E-state index >= 15 is 0 Å². The van der Waals surface area contributed by atoms with Crippen LogP contribution < -0.4 is 5.32 Å². The van der Waals surface area contributed by atoms with Gasteiger partial charge in [0.1, 0.15) is 0 Å². The highest BCUT2D eigenvalue weighted by Gasteiger charge is 2.23. The second kappa shape index (κ2) is 6.18. The van der Waals surface area contributed by atoms with Crippen LogP contribution in [0.1, 0.15) is 20.3 Å². The van der Waals surface area contributed by atoms with Crippen LogP contribution in [0.5, 0.6) is 0 Å². The van der Waals surface area contributed by atoms with Crippen molar-refractivity contribution >= 4 is 5.91 Å². The molecule has 0 aromatic carbocycles. The van der Waals surface area contributed by atoms with Crippen molar-refractivity contribution in [1.82, 2.24) is 10.2 Å². The molecule has 1 rings (SSSR count). The predicted molar refractivity (Wildman–Crippen MR) is 61.2 cm³/mol. The van der Waals surface area contributed by atoms with Gasteiger partial charge in [-0.25, -0.2) is 0 Å². The van der Waals surface area contributed by atoms with Gasteiger partial charge in [0, 0.05) is 18.6 Å². The Morgan fingerprint density at radius 1 is 1.50 bits per heavy atom. The van der Waals surface area contributed by atoms with E-state index in [1.807, 2.05) is 13.8 Å². The number of aliphatic hydroxyl groups is 1. The van der Waals surface area contributed by atoms with Gasteiger partial charge in [-0.05, 0) is 13.3 Å². The number of morpholine rings is 1. The molecule has 1 heterocycles. The van der Waals surface area contributed by atoms with E-state index < -0.39 is 0 Å². The minimum Gasteiger partial charge on any atom is -0.394 e. The molecule has 5 nitrogen and oxygen atoms in total. The maximum absolute atomic E-state index is 11.8. The van der Waals surface area contributed by atoms with Crippen LogP contribution in [-0.2, 0) is 9.53 Å². The lowest BCUT2D eigenvalue weighted by Gasteiger charge is -2.31. The topological polar surface area (TPSA) is 61.8 Å². The molecule has 5 heteroatoms. The van der Waals surface area contributed by atoms with Crippen LogP contribution in [0.4, 0.5) is 0 Å². The van der Waals surface area contributed by atoms with Gasteiger partial charge >= 0.3 is 0 Å². The standard InChI is InChI=1S/C11H22N2O3/c1-3-11(2,9-14)12-8-10(15)13-4-6-16-7-5-13/h12,14H,3-9H2,1-2H3. The number of ether oxygens (including phenoxy) is 1. The quantitative estimate of drug-likeness (QED) is 0.674. The molecule has 0 aromatic rings. The minimum atomic E-state index is -0.359. The summed E-state index contributed by atoms with van der Waals surface area (Å²) in [7, 11) is 0. The molecule has 16 heavy (non-hydrogen) atoms. The highest BCUT2D eigenvalue weighted by Crippen LogP contribution is 2.07. The SMILES string of the molecule is CCC(C)(CO)NCC(=O)N1CCOCC1. The maximum atomic E-state index is 11.8. The van der Waals surface area contributed by atoms with Crippen LogP contribution in [0.3, 0.4) is 0 Å². The number of nitrogens with zero attached hydrogens (tertiary/aromatic N) is 1. The Kier molecular flexibility index (Phi) is 5.18. The average Bonchev–Trinajstić information content (AvgIpc) is 2.36. The molecule has 1 saturated heterocycles. The molecule has 1 aliphatic heterocycles. The third-order valence-corrected chi connectivity index (χ3v) is 3.16.